The zero-order chi connectivity index (χ0) is 16.6. The van der Waals surface area contributed by atoms with Gasteiger partial charge in [-0.1, -0.05) is 54.2 Å². The fourth-order valence-electron chi connectivity index (χ4n) is 3.20. The van der Waals surface area contributed by atoms with Crippen molar-refractivity contribution in [3.63, 3.8) is 0 Å². The Kier molecular flexibility index (Phi) is 3.62. The Morgan fingerprint density at radius 3 is 1.84 bits per heavy atom. The molecule has 25 heavy (non-hydrogen) atoms. The van der Waals surface area contributed by atoms with Crippen LogP contribution in [0.1, 0.15) is 0 Å². The summed E-state index contributed by atoms with van der Waals surface area (Å²) in [6.07, 6.45) is 0. The van der Waals surface area contributed by atoms with Crippen molar-refractivity contribution in [3.8, 4) is 10.4 Å². The van der Waals surface area contributed by atoms with Crippen LogP contribution >= 0.6 is 23.1 Å². The van der Waals surface area contributed by atoms with Gasteiger partial charge in [-0.25, -0.2) is 0 Å². The molecule has 0 radical (unpaired) electrons. The smallest absolute Gasteiger partial charge is 0.0601 e. The molecule has 1 aromatic heterocycles. The number of rotatable bonds is 2. The first-order chi connectivity index (χ1) is 12.4. The Labute approximate surface area is 155 Å². The summed E-state index contributed by atoms with van der Waals surface area (Å²) in [7, 11) is 0. The van der Waals surface area contributed by atoms with E-state index in [0.29, 0.717) is 0 Å². The quantitative estimate of drug-likeness (QED) is 0.325. The Morgan fingerprint density at radius 2 is 1.24 bits per heavy atom. The van der Waals surface area contributed by atoms with Gasteiger partial charge in [0.2, 0.25) is 0 Å². The van der Waals surface area contributed by atoms with Gasteiger partial charge in [-0.15, -0.1) is 11.3 Å². The van der Waals surface area contributed by atoms with Crippen LogP contribution in [0, 0.1) is 0 Å². The first-order valence-electron chi connectivity index (χ1n) is 8.20. The topological polar surface area (TPSA) is 3.24 Å². The number of anilines is 3. The molecule has 0 saturated heterocycles. The van der Waals surface area contributed by atoms with Crippen LogP contribution in [-0.4, -0.2) is 0 Å². The largest absolute Gasteiger partial charge is 0.308 e. The lowest BCUT2D eigenvalue weighted by Crippen LogP contribution is -2.14. The predicted molar refractivity (Wildman–Crippen MR) is 109 cm³/mol. The standard InChI is InChI=1S/C22H15NS2/c1-3-8-21-18(6-1)23(19-7-2-4-9-22(19)25-21)17-13-11-16(12-14-17)20-10-5-15-24-20/h1-15H. The molecule has 2 heterocycles. The van der Waals surface area contributed by atoms with Gasteiger partial charge in [0, 0.05) is 20.4 Å². The maximum atomic E-state index is 2.36. The normalized spacial score (nSPS) is 12.6. The Morgan fingerprint density at radius 1 is 0.600 bits per heavy atom. The fourth-order valence-corrected chi connectivity index (χ4v) is 4.99. The van der Waals surface area contributed by atoms with Crippen LogP contribution in [0.15, 0.2) is 100 Å². The number of benzene rings is 3. The van der Waals surface area contributed by atoms with Crippen LogP contribution in [0.2, 0.25) is 0 Å². The summed E-state index contributed by atoms with van der Waals surface area (Å²) in [6.45, 7) is 0. The summed E-state index contributed by atoms with van der Waals surface area (Å²) in [5.74, 6) is 0. The number of nitrogens with zero attached hydrogens (tertiary/aromatic N) is 1. The minimum atomic E-state index is 1.19. The summed E-state index contributed by atoms with van der Waals surface area (Å²) in [5, 5.41) is 2.12. The summed E-state index contributed by atoms with van der Waals surface area (Å²) in [6, 6.07) is 30.4. The second-order valence-electron chi connectivity index (χ2n) is 5.90. The summed E-state index contributed by atoms with van der Waals surface area (Å²) < 4.78 is 0. The molecule has 0 atom stereocenters. The molecule has 0 amide bonds. The van der Waals surface area contributed by atoms with Gasteiger partial charge in [0.1, 0.15) is 0 Å². The van der Waals surface area contributed by atoms with Crippen molar-refractivity contribution < 1.29 is 0 Å². The SMILES string of the molecule is c1csc(-c2ccc(N3c4ccccc4Sc4ccccc43)cc2)c1. The van der Waals surface area contributed by atoms with Gasteiger partial charge in [-0.2, -0.15) is 0 Å². The number of hydrogen-bond acceptors (Lipinski definition) is 3. The lowest BCUT2D eigenvalue weighted by Gasteiger charge is -2.32. The Balaban J connectivity index is 1.64. The van der Waals surface area contributed by atoms with Crippen molar-refractivity contribution in [2.24, 2.45) is 0 Å². The van der Waals surface area contributed by atoms with Gasteiger partial charge in [-0.3, -0.25) is 0 Å². The highest BCUT2D eigenvalue weighted by Gasteiger charge is 2.23. The van der Waals surface area contributed by atoms with Crippen molar-refractivity contribution in [2.45, 2.75) is 9.79 Å². The molecule has 1 aliphatic rings. The summed E-state index contributed by atoms with van der Waals surface area (Å²) in [5.41, 5.74) is 4.96. The van der Waals surface area contributed by atoms with Gasteiger partial charge < -0.3 is 4.90 Å². The van der Waals surface area contributed by atoms with E-state index in [4.69, 9.17) is 0 Å². The average Bonchev–Trinajstić information content (AvgIpc) is 3.21. The molecule has 1 aliphatic heterocycles. The van der Waals surface area contributed by atoms with Crippen LogP contribution in [0.25, 0.3) is 10.4 Å². The Hall–Kier alpha value is -2.49. The first-order valence-corrected chi connectivity index (χ1v) is 9.90. The molecule has 3 aromatic carbocycles. The van der Waals surface area contributed by atoms with Crippen molar-refractivity contribution in [2.75, 3.05) is 4.90 Å². The molecule has 0 saturated carbocycles. The molecule has 0 aliphatic carbocycles. The third-order valence-corrected chi connectivity index (χ3v) is 6.41. The highest BCUT2D eigenvalue weighted by Crippen LogP contribution is 2.51. The number of para-hydroxylation sites is 2. The van der Waals surface area contributed by atoms with E-state index >= 15 is 0 Å². The van der Waals surface area contributed by atoms with Gasteiger partial charge >= 0.3 is 0 Å². The zero-order valence-corrected chi connectivity index (χ0v) is 15.1. The minimum absolute atomic E-state index is 1.19. The van der Waals surface area contributed by atoms with Crippen LogP contribution in [-0.2, 0) is 0 Å². The lowest BCUT2D eigenvalue weighted by molar-refractivity contribution is 1.17. The molecule has 0 unspecified atom stereocenters. The molecule has 3 heteroatoms. The highest BCUT2D eigenvalue weighted by molar-refractivity contribution is 7.99. The number of thiophene rings is 1. The fraction of sp³-hybridized carbons (Fsp3) is 0. The number of hydrogen-bond donors (Lipinski definition) is 0. The highest BCUT2D eigenvalue weighted by atomic mass is 32.2. The molecule has 1 nitrogen and oxygen atoms in total. The van der Waals surface area contributed by atoms with E-state index in [2.05, 4.69) is 95.2 Å². The molecule has 4 aromatic rings. The van der Waals surface area contributed by atoms with Crippen molar-refractivity contribution in [3.05, 3.63) is 90.3 Å². The minimum Gasteiger partial charge on any atom is -0.308 e. The van der Waals surface area contributed by atoms with Gasteiger partial charge in [0.25, 0.3) is 0 Å². The van der Waals surface area contributed by atoms with Crippen molar-refractivity contribution in [1.29, 1.82) is 0 Å². The monoisotopic (exact) mass is 357 g/mol. The van der Waals surface area contributed by atoms with Gasteiger partial charge in [0.15, 0.2) is 0 Å². The number of fused-ring (bicyclic) bond motifs is 2. The molecule has 120 valence electrons. The molecular weight excluding hydrogens is 342 g/mol. The molecule has 0 spiro atoms. The van der Waals surface area contributed by atoms with Crippen molar-refractivity contribution >= 4 is 40.2 Å². The third kappa shape index (κ3) is 2.56. The van der Waals surface area contributed by atoms with E-state index < -0.39 is 0 Å². The van der Waals surface area contributed by atoms with Crippen LogP contribution in [0.4, 0.5) is 17.1 Å². The maximum absolute atomic E-state index is 2.36. The molecular formula is C22H15NS2. The van der Waals surface area contributed by atoms with E-state index in [0.717, 1.165) is 0 Å². The first kappa shape index (κ1) is 14.8. The van der Waals surface area contributed by atoms with Crippen molar-refractivity contribution in [1.82, 2.24) is 0 Å². The van der Waals surface area contributed by atoms with E-state index in [1.165, 1.54) is 37.3 Å². The van der Waals surface area contributed by atoms with E-state index in [1.54, 1.807) is 11.3 Å². The van der Waals surface area contributed by atoms with E-state index in [1.807, 2.05) is 11.8 Å². The molecule has 0 bridgehead atoms. The molecule has 0 fully saturated rings. The maximum Gasteiger partial charge on any atom is 0.0601 e. The van der Waals surface area contributed by atoms with Crippen LogP contribution in [0.3, 0.4) is 0 Å². The zero-order valence-electron chi connectivity index (χ0n) is 13.4. The average molecular weight is 358 g/mol. The van der Waals surface area contributed by atoms with E-state index in [9.17, 15) is 0 Å². The second kappa shape index (κ2) is 6.10. The van der Waals surface area contributed by atoms with Crippen LogP contribution in [0.5, 0.6) is 0 Å². The van der Waals surface area contributed by atoms with Gasteiger partial charge in [-0.05, 0) is 53.4 Å². The van der Waals surface area contributed by atoms with Gasteiger partial charge in [0.05, 0.1) is 11.4 Å². The van der Waals surface area contributed by atoms with Crippen LogP contribution < -0.4 is 4.90 Å². The molecule has 0 N–H and O–H groups in total. The predicted octanol–water partition coefficient (Wildman–Crippen LogP) is 7.35. The summed E-state index contributed by atoms with van der Waals surface area (Å²) in [4.78, 5) is 6.26. The summed E-state index contributed by atoms with van der Waals surface area (Å²) >= 11 is 3.62. The van der Waals surface area contributed by atoms with E-state index in [-0.39, 0.29) is 0 Å². The lowest BCUT2D eigenvalue weighted by atomic mass is 10.1. The second-order valence-corrected chi connectivity index (χ2v) is 7.93. The Bertz CT molecular complexity index is 975. The third-order valence-electron chi connectivity index (χ3n) is 4.36. The molecule has 5 rings (SSSR count).